The zero-order valence-corrected chi connectivity index (χ0v) is 6.82. The summed E-state index contributed by atoms with van der Waals surface area (Å²) in [6, 6.07) is 5.76. The fourth-order valence-corrected chi connectivity index (χ4v) is 1.00. The maximum absolute atomic E-state index is 11.9. The van der Waals surface area contributed by atoms with Gasteiger partial charge in [-0.05, 0) is 11.0 Å². The summed E-state index contributed by atoms with van der Waals surface area (Å²) in [5.74, 6) is 0. The third-order valence-electron chi connectivity index (χ3n) is 1.67. The summed E-state index contributed by atoms with van der Waals surface area (Å²) in [5.41, 5.74) is 0.789. The van der Waals surface area contributed by atoms with E-state index in [1.807, 2.05) is 0 Å². The molecule has 0 amide bonds. The molecule has 0 saturated carbocycles. The molecule has 0 radical (unpaired) electrons. The van der Waals surface area contributed by atoms with Gasteiger partial charge in [-0.2, -0.15) is 0 Å². The molecule has 0 bridgehead atoms. The highest BCUT2D eigenvalue weighted by Gasteiger charge is 2.10. The van der Waals surface area contributed by atoms with Crippen molar-refractivity contribution >= 4 is 12.6 Å². The third-order valence-corrected chi connectivity index (χ3v) is 1.67. The highest BCUT2D eigenvalue weighted by Crippen LogP contribution is 2.05. The molecule has 0 atom stereocenters. The van der Waals surface area contributed by atoms with Crippen molar-refractivity contribution in [3.63, 3.8) is 0 Å². The molecule has 2 N–H and O–H groups in total. The molecule has 2 nitrogen and oxygen atoms in total. The van der Waals surface area contributed by atoms with Gasteiger partial charge >= 0.3 is 7.12 Å². The Balaban J connectivity index is 2.70. The van der Waals surface area contributed by atoms with Crippen LogP contribution in [0.4, 0.5) is 8.78 Å². The lowest BCUT2D eigenvalue weighted by atomic mass is 9.80. The molecule has 0 aliphatic carbocycles. The van der Waals surface area contributed by atoms with Gasteiger partial charge in [-0.1, -0.05) is 24.3 Å². The summed E-state index contributed by atoms with van der Waals surface area (Å²) in [4.78, 5) is 0. The van der Waals surface area contributed by atoms with Crippen LogP contribution < -0.4 is 5.46 Å². The van der Waals surface area contributed by atoms with Crippen molar-refractivity contribution in [3.8, 4) is 0 Å². The van der Waals surface area contributed by atoms with E-state index >= 15 is 0 Å². The first kappa shape index (κ1) is 10.1. The number of hydrogen-bond donors (Lipinski definition) is 2. The van der Waals surface area contributed by atoms with Crippen LogP contribution in [0.3, 0.4) is 0 Å². The molecule has 0 saturated heterocycles. The average Bonchev–Trinajstić information content (AvgIpc) is 2.04. The summed E-state index contributed by atoms with van der Waals surface area (Å²) < 4.78 is 23.8. The number of halogens is 2. The van der Waals surface area contributed by atoms with Gasteiger partial charge in [0, 0.05) is 6.42 Å². The second kappa shape index (κ2) is 4.34. The zero-order chi connectivity index (χ0) is 9.84. The van der Waals surface area contributed by atoms with Crippen molar-refractivity contribution in [1.82, 2.24) is 0 Å². The quantitative estimate of drug-likeness (QED) is 0.660. The molecule has 13 heavy (non-hydrogen) atoms. The van der Waals surface area contributed by atoms with E-state index in [9.17, 15) is 8.78 Å². The van der Waals surface area contributed by atoms with Gasteiger partial charge in [0.15, 0.2) is 0 Å². The molecule has 0 fully saturated rings. The summed E-state index contributed by atoms with van der Waals surface area (Å²) in [6.07, 6.45) is -2.67. The normalized spacial score (nSPS) is 10.5. The molecule has 0 aromatic heterocycles. The van der Waals surface area contributed by atoms with Gasteiger partial charge in [0.1, 0.15) is 0 Å². The minimum Gasteiger partial charge on any atom is -0.423 e. The summed E-state index contributed by atoms with van der Waals surface area (Å²) in [6.45, 7) is 0. The smallest absolute Gasteiger partial charge is 0.423 e. The van der Waals surface area contributed by atoms with E-state index in [4.69, 9.17) is 10.0 Å². The molecule has 0 aliphatic rings. The Kier molecular flexibility index (Phi) is 3.39. The number of alkyl halides is 2. The number of hydrogen-bond acceptors (Lipinski definition) is 2. The highest BCUT2D eigenvalue weighted by molar-refractivity contribution is 6.58. The lowest BCUT2D eigenvalue weighted by Crippen LogP contribution is -2.29. The van der Waals surface area contributed by atoms with Crippen molar-refractivity contribution in [3.05, 3.63) is 29.8 Å². The van der Waals surface area contributed by atoms with Crippen LogP contribution in [0.1, 0.15) is 5.56 Å². The fraction of sp³-hybridized carbons (Fsp3) is 0.250. The van der Waals surface area contributed by atoms with Crippen LogP contribution >= 0.6 is 0 Å². The maximum Gasteiger partial charge on any atom is 0.488 e. The number of benzene rings is 1. The first-order valence-corrected chi connectivity index (χ1v) is 3.82. The Labute approximate surface area is 75.0 Å². The second-order valence-corrected chi connectivity index (χ2v) is 2.71. The zero-order valence-electron chi connectivity index (χ0n) is 6.82. The first-order chi connectivity index (χ1) is 6.09. The molecule has 0 spiro atoms. The molecule has 1 rings (SSSR count). The molecule has 1 aromatic rings. The molecular formula is C8H9BF2O2. The Bertz CT molecular complexity index is 261. The van der Waals surface area contributed by atoms with E-state index in [2.05, 4.69) is 0 Å². The van der Waals surface area contributed by atoms with Crippen LogP contribution in [0.25, 0.3) is 0 Å². The van der Waals surface area contributed by atoms with Gasteiger partial charge in [-0.25, -0.2) is 8.78 Å². The Morgan fingerprint density at radius 1 is 1.15 bits per heavy atom. The van der Waals surface area contributed by atoms with Crippen molar-refractivity contribution in [2.75, 3.05) is 0 Å². The van der Waals surface area contributed by atoms with Crippen molar-refractivity contribution in [1.29, 1.82) is 0 Å². The van der Waals surface area contributed by atoms with Crippen molar-refractivity contribution in [2.24, 2.45) is 0 Å². The van der Waals surface area contributed by atoms with Crippen molar-refractivity contribution < 1.29 is 18.8 Å². The average molecular weight is 186 g/mol. The van der Waals surface area contributed by atoms with Gasteiger partial charge in [-0.3, -0.25) is 0 Å². The number of rotatable bonds is 3. The minimum atomic E-state index is -2.37. The van der Waals surface area contributed by atoms with E-state index < -0.39 is 13.5 Å². The summed E-state index contributed by atoms with van der Waals surface area (Å²) in [5, 5.41) is 17.4. The Hall–Kier alpha value is -0.935. The largest absolute Gasteiger partial charge is 0.488 e. The van der Waals surface area contributed by atoms with Crippen LogP contribution in [0.5, 0.6) is 0 Å². The molecule has 5 heteroatoms. The molecule has 0 unspecified atom stereocenters. The van der Waals surface area contributed by atoms with Gasteiger partial charge < -0.3 is 10.0 Å². The van der Waals surface area contributed by atoms with E-state index in [0.717, 1.165) is 0 Å². The molecule has 0 heterocycles. The lowest BCUT2D eigenvalue weighted by molar-refractivity contribution is 0.149. The van der Waals surface area contributed by atoms with E-state index in [-0.39, 0.29) is 6.42 Å². The van der Waals surface area contributed by atoms with Gasteiger partial charge in [0.2, 0.25) is 6.43 Å². The second-order valence-electron chi connectivity index (χ2n) is 2.71. The predicted octanol–water partition coefficient (Wildman–Crippen LogP) is 0.174. The topological polar surface area (TPSA) is 40.5 Å². The van der Waals surface area contributed by atoms with Gasteiger partial charge in [0.25, 0.3) is 0 Å². The fourth-order valence-electron chi connectivity index (χ4n) is 1.00. The standard InChI is InChI=1S/C8H9BF2O2/c10-8(11)5-6-1-3-7(4-2-6)9(12)13/h1-4,8,12-13H,5H2. The summed E-state index contributed by atoms with van der Waals surface area (Å²) >= 11 is 0. The Morgan fingerprint density at radius 2 is 1.69 bits per heavy atom. The third kappa shape index (κ3) is 3.12. The Morgan fingerprint density at radius 3 is 2.08 bits per heavy atom. The highest BCUT2D eigenvalue weighted by atomic mass is 19.3. The monoisotopic (exact) mass is 186 g/mol. The minimum absolute atomic E-state index is 0.304. The van der Waals surface area contributed by atoms with E-state index in [1.165, 1.54) is 24.3 Å². The van der Waals surface area contributed by atoms with E-state index in [1.54, 1.807) is 0 Å². The van der Waals surface area contributed by atoms with Crippen molar-refractivity contribution in [2.45, 2.75) is 12.8 Å². The summed E-state index contributed by atoms with van der Waals surface area (Å²) in [7, 11) is -1.54. The first-order valence-electron chi connectivity index (χ1n) is 3.82. The molecule has 70 valence electrons. The van der Waals surface area contributed by atoms with Gasteiger partial charge in [0.05, 0.1) is 0 Å². The lowest BCUT2D eigenvalue weighted by Gasteiger charge is -2.02. The van der Waals surface area contributed by atoms with Crippen LogP contribution in [0.2, 0.25) is 0 Å². The predicted molar refractivity (Wildman–Crippen MR) is 46.0 cm³/mol. The van der Waals surface area contributed by atoms with Crippen LogP contribution in [-0.2, 0) is 6.42 Å². The molecule has 0 aliphatic heterocycles. The molecule has 1 aromatic carbocycles. The van der Waals surface area contributed by atoms with Crippen LogP contribution in [0, 0.1) is 0 Å². The van der Waals surface area contributed by atoms with Crippen LogP contribution in [-0.4, -0.2) is 23.6 Å². The van der Waals surface area contributed by atoms with Gasteiger partial charge in [-0.15, -0.1) is 0 Å². The molecular weight excluding hydrogens is 177 g/mol. The SMILES string of the molecule is OB(O)c1ccc(CC(F)F)cc1. The maximum atomic E-state index is 11.9. The van der Waals surface area contributed by atoms with Crippen LogP contribution in [0.15, 0.2) is 24.3 Å². The van der Waals surface area contributed by atoms with E-state index in [0.29, 0.717) is 11.0 Å².